The number of thiazole rings is 1. The Morgan fingerprint density at radius 3 is 2.71 bits per heavy atom. The predicted octanol–water partition coefficient (Wildman–Crippen LogP) is 0.432. The summed E-state index contributed by atoms with van der Waals surface area (Å²) < 4.78 is 1.49. The van der Waals surface area contributed by atoms with Crippen LogP contribution in [0.1, 0.15) is 23.0 Å². The van der Waals surface area contributed by atoms with Gasteiger partial charge in [-0.3, -0.25) is 18.9 Å². The molecular formula is C16H23N5O2S. The Bertz CT molecular complexity index is 776. The first-order valence-electron chi connectivity index (χ1n) is 8.29. The van der Waals surface area contributed by atoms with Gasteiger partial charge in [0.15, 0.2) is 4.96 Å². The molecular weight excluding hydrogens is 326 g/mol. The summed E-state index contributed by atoms with van der Waals surface area (Å²) in [5.41, 5.74) is 0.605. The molecule has 7 nitrogen and oxygen atoms in total. The highest BCUT2D eigenvalue weighted by Crippen LogP contribution is 2.10. The van der Waals surface area contributed by atoms with Crippen LogP contribution in [-0.2, 0) is 0 Å². The standard InChI is InChI=1S/C16H23N5O2S/c1-3-19-6-8-20(9-7-19)5-4-17-14(22)13-10-18-16-21(15(13)23)12(2)11-24-16/h10-11H,3-9H2,1-2H3,(H,17,22). The molecule has 24 heavy (non-hydrogen) atoms. The summed E-state index contributed by atoms with van der Waals surface area (Å²) >= 11 is 1.40. The lowest BCUT2D eigenvalue weighted by atomic mass is 10.3. The molecule has 0 atom stereocenters. The number of amides is 1. The van der Waals surface area contributed by atoms with E-state index in [0.717, 1.165) is 45.0 Å². The highest BCUT2D eigenvalue weighted by atomic mass is 32.1. The SMILES string of the molecule is CCN1CCN(CCNC(=O)c2cnc3scc(C)n3c2=O)CC1. The molecule has 2 aromatic rings. The Morgan fingerprint density at radius 1 is 1.29 bits per heavy atom. The third-order valence-corrected chi connectivity index (χ3v) is 5.44. The summed E-state index contributed by atoms with van der Waals surface area (Å²) in [6.07, 6.45) is 1.38. The maximum absolute atomic E-state index is 12.4. The predicted molar refractivity (Wildman–Crippen MR) is 95.0 cm³/mol. The minimum atomic E-state index is -0.348. The van der Waals surface area contributed by atoms with Crippen molar-refractivity contribution in [1.82, 2.24) is 24.5 Å². The topological polar surface area (TPSA) is 69.9 Å². The zero-order valence-electron chi connectivity index (χ0n) is 14.1. The zero-order valence-corrected chi connectivity index (χ0v) is 14.9. The van der Waals surface area contributed by atoms with Crippen LogP contribution in [0.4, 0.5) is 0 Å². The number of likely N-dealkylation sites (N-methyl/N-ethyl adjacent to an activating group) is 1. The van der Waals surface area contributed by atoms with E-state index in [0.29, 0.717) is 11.5 Å². The fourth-order valence-electron chi connectivity index (χ4n) is 2.93. The number of nitrogens with one attached hydrogen (secondary N) is 1. The number of hydrogen-bond acceptors (Lipinski definition) is 6. The molecule has 1 fully saturated rings. The van der Waals surface area contributed by atoms with Crippen molar-refractivity contribution in [3.8, 4) is 0 Å². The number of carbonyl (C=O) groups is 1. The molecule has 0 spiro atoms. The van der Waals surface area contributed by atoms with Gasteiger partial charge < -0.3 is 10.2 Å². The van der Waals surface area contributed by atoms with E-state index in [1.54, 1.807) is 0 Å². The summed E-state index contributed by atoms with van der Waals surface area (Å²) in [4.78, 5) is 34.3. The average Bonchev–Trinajstić information content (AvgIpc) is 2.97. The van der Waals surface area contributed by atoms with Crippen LogP contribution in [0.25, 0.3) is 4.96 Å². The molecule has 1 saturated heterocycles. The fourth-order valence-corrected chi connectivity index (χ4v) is 3.76. The summed E-state index contributed by atoms with van der Waals surface area (Å²) in [7, 11) is 0. The largest absolute Gasteiger partial charge is 0.351 e. The molecule has 0 unspecified atom stereocenters. The smallest absolute Gasteiger partial charge is 0.271 e. The maximum Gasteiger partial charge on any atom is 0.271 e. The van der Waals surface area contributed by atoms with Crippen molar-refractivity contribution in [1.29, 1.82) is 0 Å². The van der Waals surface area contributed by atoms with E-state index in [9.17, 15) is 9.59 Å². The lowest BCUT2D eigenvalue weighted by Gasteiger charge is -2.33. The van der Waals surface area contributed by atoms with Crippen molar-refractivity contribution in [3.05, 3.63) is 33.2 Å². The van der Waals surface area contributed by atoms with Crippen LogP contribution in [0.2, 0.25) is 0 Å². The highest BCUT2D eigenvalue weighted by molar-refractivity contribution is 7.15. The molecule has 0 aliphatic carbocycles. The van der Waals surface area contributed by atoms with Gasteiger partial charge in [-0.05, 0) is 13.5 Å². The van der Waals surface area contributed by atoms with E-state index >= 15 is 0 Å². The minimum Gasteiger partial charge on any atom is -0.351 e. The number of aromatic nitrogens is 2. The monoisotopic (exact) mass is 349 g/mol. The number of carbonyl (C=O) groups excluding carboxylic acids is 1. The van der Waals surface area contributed by atoms with Gasteiger partial charge in [-0.15, -0.1) is 11.3 Å². The molecule has 0 bridgehead atoms. The van der Waals surface area contributed by atoms with E-state index in [4.69, 9.17) is 0 Å². The van der Waals surface area contributed by atoms with Crippen LogP contribution in [-0.4, -0.2) is 70.9 Å². The van der Waals surface area contributed by atoms with Gasteiger partial charge in [0.1, 0.15) is 5.56 Å². The van der Waals surface area contributed by atoms with Crippen molar-refractivity contribution >= 4 is 22.2 Å². The van der Waals surface area contributed by atoms with Crippen LogP contribution in [0.3, 0.4) is 0 Å². The van der Waals surface area contributed by atoms with Crippen LogP contribution >= 0.6 is 11.3 Å². The van der Waals surface area contributed by atoms with E-state index in [2.05, 4.69) is 27.0 Å². The van der Waals surface area contributed by atoms with Gasteiger partial charge in [0.25, 0.3) is 11.5 Å². The number of nitrogens with zero attached hydrogens (tertiary/aromatic N) is 4. The molecule has 0 saturated carbocycles. The lowest BCUT2D eigenvalue weighted by molar-refractivity contribution is 0.0936. The maximum atomic E-state index is 12.4. The van der Waals surface area contributed by atoms with Crippen LogP contribution in [0, 0.1) is 6.92 Å². The first-order valence-corrected chi connectivity index (χ1v) is 9.17. The van der Waals surface area contributed by atoms with Gasteiger partial charge in [0, 0.05) is 56.5 Å². The molecule has 1 N–H and O–H groups in total. The Balaban J connectivity index is 1.57. The van der Waals surface area contributed by atoms with Gasteiger partial charge in [0.05, 0.1) is 0 Å². The molecule has 1 aliphatic heterocycles. The molecule has 1 aliphatic rings. The van der Waals surface area contributed by atoms with Gasteiger partial charge >= 0.3 is 0 Å². The molecule has 3 heterocycles. The second-order valence-electron chi connectivity index (χ2n) is 6.00. The Hall–Kier alpha value is -1.77. The zero-order chi connectivity index (χ0) is 17.1. The van der Waals surface area contributed by atoms with E-state index in [-0.39, 0.29) is 17.0 Å². The first-order chi connectivity index (χ1) is 11.6. The second kappa shape index (κ2) is 7.42. The second-order valence-corrected chi connectivity index (χ2v) is 6.84. The number of fused-ring (bicyclic) bond motifs is 1. The van der Waals surface area contributed by atoms with Crippen LogP contribution < -0.4 is 10.9 Å². The first kappa shape index (κ1) is 17.1. The van der Waals surface area contributed by atoms with Gasteiger partial charge in [-0.2, -0.15) is 0 Å². The number of piperazine rings is 1. The number of hydrogen-bond donors (Lipinski definition) is 1. The lowest BCUT2D eigenvalue weighted by Crippen LogP contribution is -2.48. The van der Waals surface area contributed by atoms with E-state index in [1.807, 2.05) is 12.3 Å². The summed E-state index contributed by atoms with van der Waals surface area (Å²) in [5.74, 6) is -0.348. The summed E-state index contributed by atoms with van der Waals surface area (Å²) in [6, 6.07) is 0. The van der Waals surface area contributed by atoms with Gasteiger partial charge in [0.2, 0.25) is 0 Å². The summed E-state index contributed by atoms with van der Waals surface area (Å²) in [5, 5.41) is 4.71. The molecule has 1 amide bonds. The summed E-state index contributed by atoms with van der Waals surface area (Å²) in [6.45, 7) is 10.6. The quantitative estimate of drug-likeness (QED) is 0.848. The highest BCUT2D eigenvalue weighted by Gasteiger charge is 2.17. The molecule has 130 valence electrons. The molecule has 0 aromatic carbocycles. The average molecular weight is 349 g/mol. The van der Waals surface area contributed by atoms with Gasteiger partial charge in [-0.1, -0.05) is 6.92 Å². The number of rotatable bonds is 5. The fraction of sp³-hybridized carbons (Fsp3) is 0.562. The van der Waals surface area contributed by atoms with Crippen molar-refractivity contribution in [3.63, 3.8) is 0 Å². The van der Waals surface area contributed by atoms with E-state index in [1.165, 1.54) is 21.9 Å². The number of aryl methyl sites for hydroxylation is 1. The van der Waals surface area contributed by atoms with Crippen molar-refractivity contribution in [2.45, 2.75) is 13.8 Å². The Labute approximate surface area is 144 Å². The Morgan fingerprint density at radius 2 is 2.00 bits per heavy atom. The Kier molecular flexibility index (Phi) is 5.27. The molecule has 8 heteroatoms. The van der Waals surface area contributed by atoms with Crippen molar-refractivity contribution in [2.75, 3.05) is 45.8 Å². The van der Waals surface area contributed by atoms with Crippen molar-refractivity contribution < 1.29 is 4.79 Å². The normalized spacial score (nSPS) is 16.6. The molecule has 0 radical (unpaired) electrons. The van der Waals surface area contributed by atoms with Crippen LogP contribution in [0.5, 0.6) is 0 Å². The van der Waals surface area contributed by atoms with Gasteiger partial charge in [-0.25, -0.2) is 4.98 Å². The van der Waals surface area contributed by atoms with E-state index < -0.39 is 0 Å². The van der Waals surface area contributed by atoms with Crippen molar-refractivity contribution in [2.24, 2.45) is 0 Å². The van der Waals surface area contributed by atoms with Crippen LogP contribution in [0.15, 0.2) is 16.4 Å². The molecule has 2 aromatic heterocycles. The molecule has 3 rings (SSSR count). The third-order valence-electron chi connectivity index (χ3n) is 4.49. The third kappa shape index (κ3) is 3.50. The minimum absolute atomic E-state index is 0.102.